The molecule has 0 aromatic carbocycles. The largest absolute Gasteiger partial charge is 0.334 e. The molecule has 1 fully saturated rings. The van der Waals surface area contributed by atoms with Crippen LogP contribution in [0.3, 0.4) is 0 Å². The number of nitrogens with zero attached hydrogens (tertiary/aromatic N) is 3. The highest BCUT2D eigenvalue weighted by atomic mass is 32.2. The van der Waals surface area contributed by atoms with E-state index < -0.39 is 0 Å². The molecule has 4 rings (SSSR count). The van der Waals surface area contributed by atoms with E-state index in [4.69, 9.17) is 10.8 Å². The number of hydrogen-bond acceptors (Lipinski definition) is 6. The molecule has 1 aliphatic heterocycles. The van der Waals surface area contributed by atoms with Crippen LogP contribution in [0.4, 0.5) is 0 Å². The van der Waals surface area contributed by atoms with E-state index in [1.165, 1.54) is 47.5 Å². The molecule has 5 nitrogen and oxygen atoms in total. The van der Waals surface area contributed by atoms with Crippen molar-refractivity contribution in [3.05, 3.63) is 20.8 Å². The molecule has 1 saturated heterocycles. The number of thioether (sulfide) groups is 1. The van der Waals surface area contributed by atoms with Gasteiger partial charge in [0.15, 0.2) is 5.16 Å². The highest BCUT2D eigenvalue weighted by molar-refractivity contribution is 7.99. The molecule has 2 N–H and O–H groups in total. The van der Waals surface area contributed by atoms with E-state index in [-0.39, 0.29) is 5.56 Å². The molecule has 2 aromatic heterocycles. The summed E-state index contributed by atoms with van der Waals surface area (Å²) in [4.78, 5) is 22.3. The van der Waals surface area contributed by atoms with Crippen LogP contribution in [0, 0.1) is 0 Å². The molecule has 24 heavy (non-hydrogen) atoms. The molecule has 0 radical (unpaired) electrons. The lowest BCUT2D eigenvalue weighted by molar-refractivity contribution is 0.362. The van der Waals surface area contributed by atoms with Crippen LogP contribution in [-0.2, 0) is 6.42 Å². The second-order valence-corrected chi connectivity index (χ2v) is 9.02. The van der Waals surface area contributed by atoms with Crippen molar-refractivity contribution in [2.75, 3.05) is 31.2 Å². The molecule has 1 unspecified atom stereocenters. The quantitative estimate of drug-likeness (QED) is 0.513. The fourth-order valence-electron chi connectivity index (χ4n) is 3.90. The molecular weight excluding hydrogens is 340 g/mol. The first-order valence-electron chi connectivity index (χ1n) is 8.83. The summed E-state index contributed by atoms with van der Waals surface area (Å²) in [7, 11) is 0. The van der Waals surface area contributed by atoms with Crippen LogP contribution < -0.4 is 11.4 Å². The molecule has 1 aliphatic carbocycles. The average molecular weight is 365 g/mol. The molecular formula is C17H24N4OS2. The minimum absolute atomic E-state index is 0.0741. The van der Waals surface area contributed by atoms with Gasteiger partial charge in [0.05, 0.1) is 5.39 Å². The smallest absolute Gasteiger partial charge is 0.281 e. The van der Waals surface area contributed by atoms with Crippen molar-refractivity contribution >= 4 is 33.3 Å². The van der Waals surface area contributed by atoms with Gasteiger partial charge in [0.25, 0.3) is 5.56 Å². The van der Waals surface area contributed by atoms with Crippen molar-refractivity contribution in [1.29, 1.82) is 0 Å². The van der Waals surface area contributed by atoms with Crippen molar-refractivity contribution in [3.63, 3.8) is 0 Å². The predicted molar refractivity (Wildman–Crippen MR) is 102 cm³/mol. The number of hydrogen-bond donors (Lipinski definition) is 1. The SMILES string of the molecule is CC1CCCc2sc3nc(SCCN4CCCC4)n(N)c(=O)c3c21. The van der Waals surface area contributed by atoms with Crippen LogP contribution in [-0.4, -0.2) is 39.9 Å². The zero-order valence-corrected chi connectivity index (χ0v) is 15.7. The van der Waals surface area contributed by atoms with E-state index >= 15 is 0 Å². The van der Waals surface area contributed by atoms with Crippen molar-refractivity contribution < 1.29 is 0 Å². The molecule has 0 saturated carbocycles. The summed E-state index contributed by atoms with van der Waals surface area (Å²) in [5.41, 5.74) is 1.14. The summed E-state index contributed by atoms with van der Waals surface area (Å²) in [6, 6.07) is 0. The van der Waals surface area contributed by atoms with Crippen LogP contribution >= 0.6 is 23.1 Å². The maximum Gasteiger partial charge on any atom is 0.281 e. The first-order valence-corrected chi connectivity index (χ1v) is 10.6. The highest BCUT2D eigenvalue weighted by Crippen LogP contribution is 2.40. The number of thiophene rings is 1. The Morgan fingerprint density at radius 3 is 2.92 bits per heavy atom. The van der Waals surface area contributed by atoms with E-state index in [0.29, 0.717) is 11.1 Å². The van der Waals surface area contributed by atoms with Gasteiger partial charge in [0, 0.05) is 17.2 Å². The zero-order valence-electron chi connectivity index (χ0n) is 14.1. The van der Waals surface area contributed by atoms with E-state index in [1.54, 1.807) is 23.1 Å². The summed E-state index contributed by atoms with van der Waals surface area (Å²) < 4.78 is 1.27. The third-order valence-corrected chi connectivity index (χ3v) is 7.30. The Hall–Kier alpha value is -1.05. The minimum Gasteiger partial charge on any atom is -0.334 e. The van der Waals surface area contributed by atoms with Crippen LogP contribution in [0.2, 0.25) is 0 Å². The Bertz CT molecular complexity index is 807. The van der Waals surface area contributed by atoms with Gasteiger partial charge in [-0.2, -0.15) is 0 Å². The number of aromatic nitrogens is 2. The highest BCUT2D eigenvalue weighted by Gasteiger charge is 2.26. The van der Waals surface area contributed by atoms with Gasteiger partial charge in [-0.1, -0.05) is 18.7 Å². The molecule has 1 atom stereocenters. The van der Waals surface area contributed by atoms with Crippen LogP contribution in [0.1, 0.15) is 49.0 Å². The third-order valence-electron chi connectivity index (χ3n) is 5.21. The summed E-state index contributed by atoms with van der Waals surface area (Å²) in [5.74, 6) is 7.46. The minimum atomic E-state index is -0.0741. The molecule has 2 aromatic rings. The second kappa shape index (κ2) is 6.69. The van der Waals surface area contributed by atoms with Crippen molar-refractivity contribution in [3.8, 4) is 0 Å². The van der Waals surface area contributed by atoms with E-state index in [1.807, 2.05) is 0 Å². The lowest BCUT2D eigenvalue weighted by atomic mass is 9.88. The Kier molecular flexibility index (Phi) is 4.58. The van der Waals surface area contributed by atoms with Gasteiger partial charge in [0.1, 0.15) is 4.83 Å². The van der Waals surface area contributed by atoms with Crippen molar-refractivity contribution in [2.24, 2.45) is 0 Å². The number of fused-ring (bicyclic) bond motifs is 3. The number of rotatable bonds is 4. The van der Waals surface area contributed by atoms with Crippen LogP contribution in [0.5, 0.6) is 0 Å². The maximum absolute atomic E-state index is 12.8. The fraction of sp³-hybridized carbons (Fsp3) is 0.647. The second-order valence-electron chi connectivity index (χ2n) is 6.88. The monoisotopic (exact) mass is 364 g/mol. The Morgan fingerprint density at radius 1 is 1.33 bits per heavy atom. The van der Waals surface area contributed by atoms with E-state index in [9.17, 15) is 4.79 Å². The van der Waals surface area contributed by atoms with Gasteiger partial charge >= 0.3 is 0 Å². The molecule has 0 amide bonds. The predicted octanol–water partition coefficient (Wildman–Crippen LogP) is 2.80. The Morgan fingerprint density at radius 2 is 2.12 bits per heavy atom. The summed E-state index contributed by atoms with van der Waals surface area (Å²) in [5, 5.41) is 1.42. The van der Waals surface area contributed by atoms with Crippen molar-refractivity contribution in [2.45, 2.75) is 50.1 Å². The number of aryl methyl sites for hydroxylation is 1. The zero-order chi connectivity index (χ0) is 16.7. The maximum atomic E-state index is 12.8. The normalized spacial score (nSPS) is 21.5. The molecule has 0 bridgehead atoms. The average Bonchev–Trinajstić information content (AvgIpc) is 3.20. The lowest BCUT2D eigenvalue weighted by Gasteiger charge is -2.18. The van der Waals surface area contributed by atoms with E-state index in [0.717, 1.165) is 35.4 Å². The van der Waals surface area contributed by atoms with Gasteiger partial charge in [-0.05, 0) is 56.7 Å². The Labute approximate surface area is 150 Å². The lowest BCUT2D eigenvalue weighted by Crippen LogP contribution is -2.30. The number of nitrogen functional groups attached to an aromatic ring is 1. The molecule has 2 aliphatic rings. The topological polar surface area (TPSA) is 64.2 Å². The van der Waals surface area contributed by atoms with Crippen molar-refractivity contribution in [1.82, 2.24) is 14.6 Å². The number of nitrogens with two attached hydrogens (primary N) is 1. The van der Waals surface area contributed by atoms with Gasteiger partial charge < -0.3 is 10.7 Å². The molecule has 3 heterocycles. The number of likely N-dealkylation sites (tertiary alicyclic amines) is 1. The molecule has 130 valence electrons. The summed E-state index contributed by atoms with van der Waals surface area (Å²) in [6.45, 7) is 5.63. The third kappa shape index (κ3) is 2.86. The molecule has 0 spiro atoms. The first-order chi connectivity index (χ1) is 11.6. The Balaban J connectivity index is 1.63. The summed E-state index contributed by atoms with van der Waals surface area (Å²) in [6.07, 6.45) is 6.03. The fourth-order valence-corrected chi connectivity index (χ4v) is 6.20. The first kappa shape index (κ1) is 16.4. The van der Waals surface area contributed by atoms with E-state index in [2.05, 4.69) is 11.8 Å². The summed E-state index contributed by atoms with van der Waals surface area (Å²) >= 11 is 3.30. The molecule has 7 heteroatoms. The standard InChI is InChI=1S/C17H24N4OS2/c1-11-5-4-6-12-13(11)14-15(24-12)19-17(21(18)16(14)22)23-10-9-20-7-2-3-8-20/h11H,2-10,18H2,1H3. The van der Waals surface area contributed by atoms with Gasteiger partial charge in [-0.3, -0.25) is 4.79 Å². The van der Waals surface area contributed by atoms with Crippen LogP contribution in [0.25, 0.3) is 10.2 Å². The van der Waals surface area contributed by atoms with Gasteiger partial charge in [-0.25, -0.2) is 9.66 Å². The van der Waals surface area contributed by atoms with Gasteiger partial charge in [-0.15, -0.1) is 11.3 Å². The van der Waals surface area contributed by atoms with Gasteiger partial charge in [0.2, 0.25) is 0 Å². The van der Waals surface area contributed by atoms with Crippen LogP contribution in [0.15, 0.2) is 9.95 Å².